The lowest BCUT2D eigenvalue weighted by Gasteiger charge is -2.06. The molecular weight excluding hydrogens is 176 g/mol. The van der Waals surface area contributed by atoms with Gasteiger partial charge in [-0.2, -0.15) is 0 Å². The molecule has 2 rings (SSSR count). The molecule has 14 heavy (non-hydrogen) atoms. The van der Waals surface area contributed by atoms with E-state index in [9.17, 15) is 0 Å². The van der Waals surface area contributed by atoms with Crippen LogP contribution in [0.5, 0.6) is 0 Å². The van der Waals surface area contributed by atoms with Crippen molar-refractivity contribution in [3.63, 3.8) is 0 Å². The number of fused-ring (bicyclic) bond motifs is 1. The molecule has 2 heterocycles. The molecule has 1 aliphatic rings. The molecule has 1 aliphatic heterocycles. The number of hydrogen-bond acceptors (Lipinski definition) is 3. The van der Waals surface area contributed by atoms with E-state index in [-0.39, 0.29) is 0 Å². The highest BCUT2D eigenvalue weighted by Gasteiger charge is 2.13. The normalized spacial score (nSPS) is 16.4. The van der Waals surface area contributed by atoms with Gasteiger partial charge in [0.2, 0.25) is 0 Å². The quantitative estimate of drug-likeness (QED) is 0.784. The molecule has 4 nitrogen and oxygen atoms in total. The third kappa shape index (κ3) is 1.95. The number of hydrogen-bond donors (Lipinski definition) is 1. The maximum absolute atomic E-state index is 4.24. The zero-order valence-electron chi connectivity index (χ0n) is 8.79. The fraction of sp³-hybridized carbons (Fsp3) is 0.800. The number of nitrogens with zero attached hydrogens (tertiary/aromatic N) is 3. The summed E-state index contributed by atoms with van der Waals surface area (Å²) in [6.07, 6.45) is 4.95. The molecular formula is C10H18N4. The van der Waals surface area contributed by atoms with Gasteiger partial charge in [0.1, 0.15) is 11.6 Å². The Kier molecular flexibility index (Phi) is 3.14. The fourth-order valence-corrected chi connectivity index (χ4v) is 1.91. The molecule has 1 N–H and O–H groups in total. The van der Waals surface area contributed by atoms with Crippen LogP contribution in [0.2, 0.25) is 0 Å². The second-order valence-electron chi connectivity index (χ2n) is 3.78. The highest BCUT2D eigenvalue weighted by molar-refractivity contribution is 4.97. The minimum atomic E-state index is 0.851. The third-order valence-corrected chi connectivity index (χ3v) is 2.72. The van der Waals surface area contributed by atoms with Crippen molar-refractivity contribution in [1.29, 1.82) is 0 Å². The Hall–Kier alpha value is -0.900. The summed E-state index contributed by atoms with van der Waals surface area (Å²) in [6.45, 7) is 5.05. The van der Waals surface area contributed by atoms with Gasteiger partial charge in [0.05, 0.1) is 6.54 Å². The van der Waals surface area contributed by atoms with E-state index in [4.69, 9.17) is 0 Å². The Morgan fingerprint density at radius 1 is 1.29 bits per heavy atom. The Morgan fingerprint density at radius 3 is 3.07 bits per heavy atom. The molecule has 1 aromatic heterocycles. The largest absolute Gasteiger partial charge is 0.314 e. The van der Waals surface area contributed by atoms with E-state index in [1.807, 2.05) is 0 Å². The number of aromatic nitrogens is 3. The zero-order valence-corrected chi connectivity index (χ0v) is 8.79. The third-order valence-electron chi connectivity index (χ3n) is 2.72. The maximum atomic E-state index is 4.24. The highest BCUT2D eigenvalue weighted by Crippen LogP contribution is 2.13. The van der Waals surface area contributed by atoms with Gasteiger partial charge in [0.15, 0.2) is 0 Å². The maximum Gasteiger partial charge on any atom is 0.147 e. The van der Waals surface area contributed by atoms with E-state index >= 15 is 0 Å². The molecule has 0 unspecified atom stereocenters. The molecule has 78 valence electrons. The van der Waals surface area contributed by atoms with Crippen LogP contribution in [-0.4, -0.2) is 21.3 Å². The van der Waals surface area contributed by atoms with Gasteiger partial charge in [0.25, 0.3) is 0 Å². The summed E-state index contributed by atoms with van der Waals surface area (Å²) in [5, 5.41) is 11.8. The number of nitrogens with one attached hydrogen (secondary N) is 1. The molecule has 0 bridgehead atoms. The highest BCUT2D eigenvalue weighted by atomic mass is 15.3. The van der Waals surface area contributed by atoms with E-state index in [0.717, 1.165) is 31.9 Å². The second kappa shape index (κ2) is 4.55. The van der Waals surface area contributed by atoms with Gasteiger partial charge in [0, 0.05) is 13.0 Å². The fourth-order valence-electron chi connectivity index (χ4n) is 1.91. The van der Waals surface area contributed by atoms with Crippen LogP contribution < -0.4 is 5.32 Å². The van der Waals surface area contributed by atoms with Crippen LogP contribution >= 0.6 is 0 Å². The summed E-state index contributed by atoms with van der Waals surface area (Å²) >= 11 is 0. The van der Waals surface area contributed by atoms with Crippen LogP contribution in [0.25, 0.3) is 0 Å². The van der Waals surface area contributed by atoms with Crippen molar-refractivity contribution in [1.82, 2.24) is 20.1 Å². The monoisotopic (exact) mass is 194 g/mol. The van der Waals surface area contributed by atoms with Gasteiger partial charge in [-0.25, -0.2) is 0 Å². The Bertz CT molecular complexity index is 292. The lowest BCUT2D eigenvalue weighted by atomic mass is 10.2. The minimum Gasteiger partial charge on any atom is -0.314 e. The van der Waals surface area contributed by atoms with Crippen molar-refractivity contribution in [2.45, 2.75) is 45.7 Å². The topological polar surface area (TPSA) is 42.7 Å². The lowest BCUT2D eigenvalue weighted by molar-refractivity contribution is 0.580. The smallest absolute Gasteiger partial charge is 0.147 e. The average molecular weight is 194 g/mol. The predicted octanol–water partition coefficient (Wildman–Crippen LogP) is 1.11. The molecule has 0 atom stereocenters. The zero-order chi connectivity index (χ0) is 9.80. The van der Waals surface area contributed by atoms with E-state index in [0.29, 0.717) is 0 Å². The molecule has 4 heteroatoms. The Balaban J connectivity index is 2.12. The molecule has 0 amide bonds. The van der Waals surface area contributed by atoms with Crippen molar-refractivity contribution in [2.24, 2.45) is 0 Å². The molecule has 0 saturated carbocycles. The first kappa shape index (κ1) is 9.65. The first-order valence-corrected chi connectivity index (χ1v) is 5.53. The van der Waals surface area contributed by atoms with Crippen LogP contribution in [0.4, 0.5) is 0 Å². The predicted molar refractivity (Wildman–Crippen MR) is 55.0 cm³/mol. The van der Waals surface area contributed by atoms with E-state index in [2.05, 4.69) is 27.0 Å². The van der Waals surface area contributed by atoms with Crippen molar-refractivity contribution in [3.8, 4) is 0 Å². The van der Waals surface area contributed by atoms with Gasteiger partial charge in [-0.1, -0.05) is 13.3 Å². The van der Waals surface area contributed by atoms with Crippen LogP contribution in [0.3, 0.4) is 0 Å². The summed E-state index contributed by atoms with van der Waals surface area (Å²) in [4.78, 5) is 0. The van der Waals surface area contributed by atoms with Crippen LogP contribution in [0.15, 0.2) is 0 Å². The molecule has 0 radical (unpaired) electrons. The van der Waals surface area contributed by atoms with Gasteiger partial charge in [-0.05, 0) is 19.4 Å². The van der Waals surface area contributed by atoms with Gasteiger partial charge in [-0.3, -0.25) is 0 Å². The molecule has 0 spiro atoms. The molecule has 0 fully saturated rings. The summed E-state index contributed by atoms with van der Waals surface area (Å²) in [6, 6.07) is 0. The van der Waals surface area contributed by atoms with Crippen LogP contribution in [0.1, 0.15) is 37.8 Å². The number of aryl methyl sites for hydroxylation is 1. The molecule has 1 aromatic rings. The van der Waals surface area contributed by atoms with Crippen molar-refractivity contribution >= 4 is 0 Å². The van der Waals surface area contributed by atoms with Gasteiger partial charge >= 0.3 is 0 Å². The Labute approximate surface area is 84.7 Å². The van der Waals surface area contributed by atoms with Crippen molar-refractivity contribution in [2.75, 3.05) is 6.54 Å². The first-order chi connectivity index (χ1) is 6.92. The van der Waals surface area contributed by atoms with Crippen molar-refractivity contribution in [3.05, 3.63) is 11.6 Å². The Morgan fingerprint density at radius 2 is 2.21 bits per heavy atom. The number of rotatable bonds is 3. The van der Waals surface area contributed by atoms with E-state index < -0.39 is 0 Å². The van der Waals surface area contributed by atoms with E-state index in [1.54, 1.807) is 0 Å². The average Bonchev–Trinajstić information content (AvgIpc) is 2.45. The molecule has 0 aliphatic carbocycles. The van der Waals surface area contributed by atoms with Crippen molar-refractivity contribution < 1.29 is 0 Å². The van der Waals surface area contributed by atoms with Gasteiger partial charge in [-0.15, -0.1) is 10.2 Å². The second-order valence-corrected chi connectivity index (χ2v) is 3.78. The summed E-state index contributed by atoms with van der Waals surface area (Å²) in [7, 11) is 0. The molecule has 0 saturated heterocycles. The first-order valence-electron chi connectivity index (χ1n) is 5.53. The van der Waals surface area contributed by atoms with Gasteiger partial charge < -0.3 is 9.88 Å². The lowest BCUT2D eigenvalue weighted by Crippen LogP contribution is -2.17. The summed E-state index contributed by atoms with van der Waals surface area (Å²) in [5.74, 6) is 2.28. The molecule has 0 aromatic carbocycles. The van der Waals surface area contributed by atoms with Crippen LogP contribution in [-0.2, 0) is 19.5 Å². The minimum absolute atomic E-state index is 0.851. The SMILES string of the molecule is CCNCc1nnc2n1CCCCC2. The van der Waals surface area contributed by atoms with E-state index in [1.165, 1.54) is 25.1 Å². The summed E-state index contributed by atoms with van der Waals surface area (Å²) < 4.78 is 2.29. The summed E-state index contributed by atoms with van der Waals surface area (Å²) in [5.41, 5.74) is 0. The van der Waals surface area contributed by atoms with Crippen LogP contribution in [0, 0.1) is 0 Å². The standard InChI is InChI=1S/C10H18N4/c1-2-11-8-10-13-12-9-6-4-3-5-7-14(9)10/h11H,2-8H2,1H3.